The van der Waals surface area contributed by atoms with E-state index in [4.69, 9.17) is 5.11 Å². The highest BCUT2D eigenvalue weighted by atomic mass is 16.4. The second kappa shape index (κ2) is 5.05. The lowest BCUT2D eigenvalue weighted by molar-refractivity contribution is -0.136. The van der Waals surface area contributed by atoms with Crippen LogP contribution in [0.15, 0.2) is 17.3 Å². The monoisotopic (exact) mass is 262 g/mol. The van der Waals surface area contributed by atoms with E-state index in [0.717, 1.165) is 5.69 Å². The van der Waals surface area contributed by atoms with Crippen molar-refractivity contribution < 1.29 is 9.90 Å². The summed E-state index contributed by atoms with van der Waals surface area (Å²) < 4.78 is 1.44. The third-order valence-corrected chi connectivity index (χ3v) is 2.98. The minimum Gasteiger partial charge on any atom is -0.481 e. The van der Waals surface area contributed by atoms with Gasteiger partial charge in [0.1, 0.15) is 0 Å². The number of aromatic nitrogens is 4. The zero-order valence-corrected chi connectivity index (χ0v) is 10.7. The highest BCUT2D eigenvalue weighted by molar-refractivity contribution is 5.70. The number of aryl methyl sites for hydroxylation is 1. The number of rotatable bonds is 4. The Morgan fingerprint density at radius 3 is 2.79 bits per heavy atom. The molecule has 0 saturated heterocycles. The molecular weight excluding hydrogens is 248 g/mol. The minimum atomic E-state index is -0.945. The van der Waals surface area contributed by atoms with Gasteiger partial charge in [-0.1, -0.05) is 0 Å². The molecule has 0 aliphatic carbocycles. The number of hydrogen-bond acceptors (Lipinski definition) is 4. The number of carbonyl (C=O) groups is 1. The van der Waals surface area contributed by atoms with Gasteiger partial charge in [0.25, 0.3) is 0 Å². The summed E-state index contributed by atoms with van der Waals surface area (Å²) in [7, 11) is 0. The van der Waals surface area contributed by atoms with Crippen molar-refractivity contribution in [3.8, 4) is 0 Å². The summed E-state index contributed by atoms with van der Waals surface area (Å²) in [5, 5.41) is 8.90. The summed E-state index contributed by atoms with van der Waals surface area (Å²) in [6.07, 6.45) is 2.99. The summed E-state index contributed by atoms with van der Waals surface area (Å²) >= 11 is 0. The van der Waals surface area contributed by atoms with E-state index in [1.54, 1.807) is 20.0 Å². The molecule has 7 heteroatoms. The van der Waals surface area contributed by atoms with Crippen LogP contribution in [-0.4, -0.2) is 30.6 Å². The standard InChI is InChI=1S/C12H14N4O3/c1-7-10(3-11(17)18)8(2)16(12(19)15-7)5-9-4-13-6-14-9/h4,6H,3,5H2,1-2H3,(H,13,14)(H,17,18). The highest BCUT2D eigenvalue weighted by Gasteiger charge is 2.14. The van der Waals surface area contributed by atoms with E-state index in [2.05, 4.69) is 15.0 Å². The molecule has 2 heterocycles. The summed E-state index contributed by atoms with van der Waals surface area (Å²) in [6.45, 7) is 3.67. The Balaban J connectivity index is 2.48. The number of carboxylic acid groups (broad SMARTS) is 1. The minimum absolute atomic E-state index is 0.145. The normalized spacial score (nSPS) is 10.6. The largest absolute Gasteiger partial charge is 0.481 e. The van der Waals surface area contributed by atoms with Gasteiger partial charge in [-0.2, -0.15) is 4.98 Å². The second-order valence-corrected chi connectivity index (χ2v) is 4.28. The fraction of sp³-hybridized carbons (Fsp3) is 0.333. The quantitative estimate of drug-likeness (QED) is 0.823. The first-order chi connectivity index (χ1) is 8.99. The fourth-order valence-electron chi connectivity index (χ4n) is 1.97. The van der Waals surface area contributed by atoms with Crippen LogP contribution in [0.3, 0.4) is 0 Å². The van der Waals surface area contributed by atoms with Crippen LogP contribution in [0.4, 0.5) is 0 Å². The van der Waals surface area contributed by atoms with Gasteiger partial charge in [0.15, 0.2) is 0 Å². The summed E-state index contributed by atoms with van der Waals surface area (Å²) in [5.41, 5.74) is 2.03. The van der Waals surface area contributed by atoms with Crippen molar-refractivity contribution in [2.24, 2.45) is 0 Å². The number of carboxylic acids is 1. The van der Waals surface area contributed by atoms with Crippen molar-refractivity contribution in [1.29, 1.82) is 0 Å². The molecular formula is C12H14N4O3. The predicted molar refractivity (Wildman–Crippen MR) is 67.0 cm³/mol. The molecule has 0 fully saturated rings. The van der Waals surface area contributed by atoms with Gasteiger partial charge in [-0.15, -0.1) is 0 Å². The third kappa shape index (κ3) is 2.70. The molecule has 2 aromatic heterocycles. The highest BCUT2D eigenvalue weighted by Crippen LogP contribution is 2.11. The van der Waals surface area contributed by atoms with Crippen molar-refractivity contribution in [2.45, 2.75) is 26.8 Å². The number of aromatic amines is 1. The van der Waals surface area contributed by atoms with Crippen LogP contribution in [0.25, 0.3) is 0 Å². The molecule has 0 saturated carbocycles. The molecule has 0 bridgehead atoms. The third-order valence-electron chi connectivity index (χ3n) is 2.98. The van der Waals surface area contributed by atoms with E-state index in [0.29, 0.717) is 23.5 Å². The Bertz CT molecular complexity index is 658. The number of hydrogen-bond donors (Lipinski definition) is 2. The zero-order chi connectivity index (χ0) is 14.0. The summed E-state index contributed by atoms with van der Waals surface area (Å²) in [4.78, 5) is 33.4. The molecule has 100 valence electrons. The van der Waals surface area contributed by atoms with E-state index in [1.165, 1.54) is 10.9 Å². The molecule has 0 amide bonds. The Morgan fingerprint density at radius 2 is 2.21 bits per heavy atom. The first kappa shape index (κ1) is 13.0. The smallest absolute Gasteiger partial charge is 0.348 e. The number of aliphatic carboxylic acids is 1. The topological polar surface area (TPSA) is 101 Å². The number of H-pyrrole nitrogens is 1. The maximum atomic E-state index is 11.9. The Hall–Kier alpha value is -2.44. The van der Waals surface area contributed by atoms with Crippen LogP contribution in [-0.2, 0) is 17.8 Å². The number of imidazole rings is 1. The van der Waals surface area contributed by atoms with Gasteiger partial charge >= 0.3 is 11.7 Å². The molecule has 2 N–H and O–H groups in total. The van der Waals surface area contributed by atoms with Gasteiger partial charge in [-0.3, -0.25) is 9.36 Å². The molecule has 19 heavy (non-hydrogen) atoms. The predicted octanol–water partition coefficient (Wildman–Crippen LogP) is 0.259. The van der Waals surface area contributed by atoms with E-state index in [1.807, 2.05) is 0 Å². The molecule has 0 unspecified atom stereocenters. The Morgan fingerprint density at radius 1 is 1.47 bits per heavy atom. The van der Waals surface area contributed by atoms with Gasteiger partial charge in [0.05, 0.1) is 25.0 Å². The van der Waals surface area contributed by atoms with Gasteiger partial charge in [-0.25, -0.2) is 9.78 Å². The van der Waals surface area contributed by atoms with E-state index >= 15 is 0 Å². The van der Waals surface area contributed by atoms with Crippen molar-refractivity contribution >= 4 is 5.97 Å². The van der Waals surface area contributed by atoms with Gasteiger partial charge in [-0.05, 0) is 13.8 Å². The van der Waals surface area contributed by atoms with Crippen LogP contribution < -0.4 is 5.69 Å². The molecule has 2 rings (SSSR count). The fourth-order valence-corrected chi connectivity index (χ4v) is 1.97. The molecule has 0 aliphatic heterocycles. The lowest BCUT2D eigenvalue weighted by atomic mass is 10.1. The van der Waals surface area contributed by atoms with Gasteiger partial charge in [0, 0.05) is 23.1 Å². The zero-order valence-electron chi connectivity index (χ0n) is 10.7. The number of nitrogens with zero attached hydrogens (tertiary/aromatic N) is 3. The maximum Gasteiger partial charge on any atom is 0.348 e. The van der Waals surface area contributed by atoms with Crippen molar-refractivity contribution in [3.63, 3.8) is 0 Å². The van der Waals surface area contributed by atoms with Crippen LogP contribution in [0.1, 0.15) is 22.6 Å². The number of nitrogens with one attached hydrogen (secondary N) is 1. The van der Waals surface area contributed by atoms with Crippen LogP contribution >= 0.6 is 0 Å². The molecule has 0 radical (unpaired) electrons. The summed E-state index contributed by atoms with van der Waals surface area (Å²) in [5.74, 6) is -0.945. The Labute approximate surface area is 109 Å². The summed E-state index contributed by atoms with van der Waals surface area (Å²) in [6, 6.07) is 0. The van der Waals surface area contributed by atoms with Gasteiger partial charge in [0.2, 0.25) is 0 Å². The van der Waals surface area contributed by atoms with Crippen LogP contribution in [0.2, 0.25) is 0 Å². The molecule has 0 spiro atoms. The maximum absolute atomic E-state index is 11.9. The molecule has 0 aliphatic rings. The Kier molecular flexibility index (Phi) is 3.46. The van der Waals surface area contributed by atoms with E-state index in [-0.39, 0.29) is 6.42 Å². The van der Waals surface area contributed by atoms with E-state index in [9.17, 15) is 9.59 Å². The SMILES string of the molecule is Cc1nc(=O)n(Cc2cnc[nH]2)c(C)c1CC(=O)O. The van der Waals surface area contributed by atoms with Gasteiger partial charge < -0.3 is 10.1 Å². The first-order valence-corrected chi connectivity index (χ1v) is 5.75. The van der Waals surface area contributed by atoms with E-state index < -0.39 is 11.7 Å². The van der Waals surface area contributed by atoms with Crippen LogP contribution in [0, 0.1) is 13.8 Å². The van der Waals surface area contributed by atoms with Crippen molar-refractivity contribution in [3.05, 3.63) is 45.7 Å². The average molecular weight is 262 g/mol. The van der Waals surface area contributed by atoms with Crippen molar-refractivity contribution in [2.75, 3.05) is 0 Å². The second-order valence-electron chi connectivity index (χ2n) is 4.28. The first-order valence-electron chi connectivity index (χ1n) is 5.75. The molecule has 2 aromatic rings. The molecule has 0 aromatic carbocycles. The van der Waals surface area contributed by atoms with Crippen molar-refractivity contribution in [1.82, 2.24) is 19.5 Å². The van der Waals surface area contributed by atoms with Crippen LogP contribution in [0.5, 0.6) is 0 Å². The lowest BCUT2D eigenvalue weighted by Crippen LogP contribution is -2.29. The lowest BCUT2D eigenvalue weighted by Gasteiger charge is -2.13. The average Bonchev–Trinajstić information content (AvgIpc) is 2.82. The molecule has 0 atom stereocenters. The molecule has 7 nitrogen and oxygen atoms in total.